The first kappa shape index (κ1) is 14.5. The van der Waals surface area contributed by atoms with E-state index in [1.54, 1.807) is 13.3 Å². The first-order valence-corrected chi connectivity index (χ1v) is 6.79. The standard InChI is InChI=1S/C14H18N4OS/c1-19-9-7-15-14(20)17-13-5-2-4-12(10-13)11-18-8-3-6-16-18/h2-6,8,10H,7,9,11H2,1H3,(H2,15,17,20). The molecule has 6 heteroatoms. The maximum atomic E-state index is 5.21. The predicted octanol–water partition coefficient (Wildman–Crippen LogP) is 1.86. The molecule has 0 amide bonds. The average molecular weight is 290 g/mol. The Morgan fingerprint density at radius 2 is 2.30 bits per heavy atom. The van der Waals surface area contributed by atoms with E-state index in [1.165, 1.54) is 5.56 Å². The van der Waals surface area contributed by atoms with Gasteiger partial charge in [-0.15, -0.1) is 0 Å². The molecule has 0 fully saturated rings. The number of thiocarbonyl (C=S) groups is 1. The van der Waals surface area contributed by atoms with Crippen LogP contribution in [0.1, 0.15) is 5.56 Å². The number of hydrogen-bond donors (Lipinski definition) is 2. The van der Waals surface area contributed by atoms with Crippen molar-refractivity contribution in [1.82, 2.24) is 15.1 Å². The summed E-state index contributed by atoms with van der Waals surface area (Å²) in [7, 11) is 1.66. The maximum absolute atomic E-state index is 5.21. The van der Waals surface area contributed by atoms with Gasteiger partial charge >= 0.3 is 0 Å². The van der Waals surface area contributed by atoms with Crippen molar-refractivity contribution in [2.45, 2.75) is 6.54 Å². The van der Waals surface area contributed by atoms with Crippen LogP contribution in [0.5, 0.6) is 0 Å². The molecule has 0 aliphatic carbocycles. The predicted molar refractivity (Wildman–Crippen MR) is 83.9 cm³/mol. The Balaban J connectivity index is 1.90. The number of nitrogens with zero attached hydrogens (tertiary/aromatic N) is 2. The van der Waals surface area contributed by atoms with E-state index in [0.29, 0.717) is 18.3 Å². The average Bonchev–Trinajstić information content (AvgIpc) is 2.92. The minimum absolute atomic E-state index is 0.596. The number of ether oxygens (including phenoxy) is 1. The van der Waals surface area contributed by atoms with Gasteiger partial charge in [0.25, 0.3) is 0 Å². The molecule has 106 valence electrons. The quantitative estimate of drug-likeness (QED) is 0.628. The molecule has 20 heavy (non-hydrogen) atoms. The minimum atomic E-state index is 0.596. The molecular formula is C14H18N4OS. The van der Waals surface area contributed by atoms with E-state index < -0.39 is 0 Å². The normalized spacial score (nSPS) is 10.2. The lowest BCUT2D eigenvalue weighted by Gasteiger charge is -2.11. The molecule has 0 bridgehead atoms. The Kier molecular flexibility index (Phi) is 5.52. The summed E-state index contributed by atoms with van der Waals surface area (Å²) in [6.45, 7) is 2.06. The van der Waals surface area contributed by atoms with Gasteiger partial charge in [-0.25, -0.2) is 0 Å². The van der Waals surface area contributed by atoms with Crippen molar-refractivity contribution in [2.24, 2.45) is 0 Å². The lowest BCUT2D eigenvalue weighted by Crippen LogP contribution is -2.31. The lowest BCUT2D eigenvalue weighted by atomic mass is 10.2. The molecule has 0 saturated carbocycles. The molecule has 2 aromatic rings. The monoisotopic (exact) mass is 290 g/mol. The number of anilines is 1. The van der Waals surface area contributed by atoms with Crippen LogP contribution >= 0.6 is 12.2 Å². The summed E-state index contributed by atoms with van der Waals surface area (Å²) in [5, 5.41) is 11.0. The van der Waals surface area contributed by atoms with Crippen LogP contribution < -0.4 is 10.6 Å². The molecule has 0 aliphatic heterocycles. The van der Waals surface area contributed by atoms with Crippen molar-refractivity contribution in [3.63, 3.8) is 0 Å². The van der Waals surface area contributed by atoms with Gasteiger partial charge in [-0.05, 0) is 36.0 Å². The summed E-state index contributed by atoms with van der Waals surface area (Å²) >= 11 is 5.21. The summed E-state index contributed by atoms with van der Waals surface area (Å²) in [5.41, 5.74) is 2.13. The van der Waals surface area contributed by atoms with Gasteiger partial charge in [0.15, 0.2) is 5.11 Å². The third-order valence-electron chi connectivity index (χ3n) is 2.68. The molecular weight excluding hydrogens is 272 g/mol. The van der Waals surface area contributed by atoms with Crippen LogP contribution in [0.25, 0.3) is 0 Å². The highest BCUT2D eigenvalue weighted by atomic mass is 32.1. The van der Waals surface area contributed by atoms with Gasteiger partial charge in [-0.3, -0.25) is 4.68 Å². The Bertz CT molecular complexity index is 542. The summed E-state index contributed by atoms with van der Waals surface area (Å²) < 4.78 is 6.84. The Morgan fingerprint density at radius 1 is 1.40 bits per heavy atom. The molecule has 1 aromatic heterocycles. The van der Waals surface area contributed by atoms with Crippen molar-refractivity contribution in [1.29, 1.82) is 0 Å². The van der Waals surface area contributed by atoms with Gasteiger partial charge in [-0.1, -0.05) is 12.1 Å². The fourth-order valence-corrected chi connectivity index (χ4v) is 1.99. The largest absolute Gasteiger partial charge is 0.383 e. The third-order valence-corrected chi connectivity index (χ3v) is 2.93. The second kappa shape index (κ2) is 7.62. The number of rotatable bonds is 6. The summed E-state index contributed by atoms with van der Waals surface area (Å²) in [6.07, 6.45) is 3.72. The molecule has 2 N–H and O–H groups in total. The van der Waals surface area contributed by atoms with Crippen LogP contribution in [0.3, 0.4) is 0 Å². The topological polar surface area (TPSA) is 51.1 Å². The van der Waals surface area contributed by atoms with Gasteiger partial charge in [0.2, 0.25) is 0 Å². The number of benzene rings is 1. The van der Waals surface area contributed by atoms with Crippen molar-refractivity contribution in [3.8, 4) is 0 Å². The highest BCUT2D eigenvalue weighted by Gasteiger charge is 2.00. The Morgan fingerprint density at radius 3 is 3.05 bits per heavy atom. The number of nitrogens with one attached hydrogen (secondary N) is 2. The third kappa shape index (κ3) is 4.64. The van der Waals surface area contributed by atoms with Gasteiger partial charge in [0.05, 0.1) is 13.2 Å². The number of hydrogen-bond acceptors (Lipinski definition) is 3. The SMILES string of the molecule is COCCNC(=S)Nc1cccc(Cn2cccn2)c1. The van der Waals surface area contributed by atoms with Crippen LogP contribution in [-0.2, 0) is 11.3 Å². The first-order valence-electron chi connectivity index (χ1n) is 6.38. The van der Waals surface area contributed by atoms with Gasteiger partial charge in [-0.2, -0.15) is 5.10 Å². The van der Waals surface area contributed by atoms with E-state index >= 15 is 0 Å². The second-order valence-electron chi connectivity index (χ2n) is 4.28. The summed E-state index contributed by atoms with van der Waals surface area (Å²) in [5.74, 6) is 0. The Hall–Kier alpha value is -1.92. The molecule has 1 heterocycles. The smallest absolute Gasteiger partial charge is 0.170 e. The fourth-order valence-electron chi connectivity index (χ4n) is 1.77. The molecule has 0 radical (unpaired) electrons. The van der Waals surface area contributed by atoms with Crippen molar-refractivity contribution in [3.05, 3.63) is 48.3 Å². The van der Waals surface area contributed by atoms with Crippen molar-refractivity contribution in [2.75, 3.05) is 25.6 Å². The van der Waals surface area contributed by atoms with Crippen LogP contribution in [0.15, 0.2) is 42.7 Å². The summed E-state index contributed by atoms with van der Waals surface area (Å²) in [4.78, 5) is 0. The summed E-state index contributed by atoms with van der Waals surface area (Å²) in [6, 6.07) is 10.0. The Labute approximate surface area is 123 Å². The van der Waals surface area contributed by atoms with Crippen LogP contribution in [0.2, 0.25) is 0 Å². The van der Waals surface area contributed by atoms with E-state index in [0.717, 1.165) is 12.2 Å². The molecule has 5 nitrogen and oxygen atoms in total. The first-order chi connectivity index (χ1) is 9.78. The van der Waals surface area contributed by atoms with Crippen LogP contribution in [-0.4, -0.2) is 35.2 Å². The van der Waals surface area contributed by atoms with E-state index in [1.807, 2.05) is 29.1 Å². The van der Waals surface area contributed by atoms with E-state index in [4.69, 9.17) is 17.0 Å². The maximum Gasteiger partial charge on any atom is 0.170 e. The molecule has 1 aromatic carbocycles. The van der Waals surface area contributed by atoms with Crippen LogP contribution in [0.4, 0.5) is 5.69 Å². The highest BCUT2D eigenvalue weighted by Crippen LogP contribution is 2.11. The zero-order valence-electron chi connectivity index (χ0n) is 11.4. The van der Waals surface area contributed by atoms with E-state index in [2.05, 4.69) is 27.9 Å². The fraction of sp³-hybridized carbons (Fsp3) is 0.286. The minimum Gasteiger partial charge on any atom is -0.383 e. The molecule has 0 unspecified atom stereocenters. The van der Waals surface area contributed by atoms with E-state index in [-0.39, 0.29) is 0 Å². The van der Waals surface area contributed by atoms with E-state index in [9.17, 15) is 0 Å². The zero-order chi connectivity index (χ0) is 14.2. The van der Waals surface area contributed by atoms with Gasteiger partial charge in [0.1, 0.15) is 0 Å². The van der Waals surface area contributed by atoms with Gasteiger partial charge < -0.3 is 15.4 Å². The van der Waals surface area contributed by atoms with Crippen molar-refractivity contribution >= 4 is 23.0 Å². The molecule has 0 atom stereocenters. The highest BCUT2D eigenvalue weighted by molar-refractivity contribution is 7.80. The zero-order valence-corrected chi connectivity index (χ0v) is 12.2. The lowest BCUT2D eigenvalue weighted by molar-refractivity contribution is 0.204. The van der Waals surface area contributed by atoms with Crippen molar-refractivity contribution < 1.29 is 4.74 Å². The number of aromatic nitrogens is 2. The molecule has 0 saturated heterocycles. The van der Waals surface area contributed by atoms with Gasteiger partial charge in [0, 0.05) is 31.7 Å². The molecule has 2 rings (SSSR count). The second-order valence-corrected chi connectivity index (χ2v) is 4.69. The van der Waals surface area contributed by atoms with Crippen LogP contribution in [0, 0.1) is 0 Å². The molecule has 0 aliphatic rings. The molecule has 0 spiro atoms. The number of methoxy groups -OCH3 is 1.